The second-order valence-electron chi connectivity index (χ2n) is 22.6. The average molecular weight is 1040 g/mol. The van der Waals surface area contributed by atoms with Crippen molar-refractivity contribution in [2.24, 2.45) is 0 Å². The van der Waals surface area contributed by atoms with Crippen molar-refractivity contribution in [3.05, 3.63) is 348 Å². The zero-order chi connectivity index (χ0) is 53.7. The van der Waals surface area contributed by atoms with E-state index in [4.69, 9.17) is 0 Å². The van der Waals surface area contributed by atoms with Crippen molar-refractivity contribution in [3.8, 4) is 72.4 Å². The smallest absolute Gasteiger partial charge is 0.0754 e. The lowest BCUT2D eigenvalue weighted by Gasteiger charge is -2.39. The molecule has 0 fully saturated rings. The van der Waals surface area contributed by atoms with Crippen LogP contribution in [0, 0.1) is 0 Å². The normalized spacial score (nSPS) is 15.0. The monoisotopic (exact) mass is 1040 g/mol. The van der Waals surface area contributed by atoms with Crippen molar-refractivity contribution in [1.82, 2.24) is 4.57 Å². The van der Waals surface area contributed by atoms with Gasteiger partial charge in [0.15, 0.2) is 0 Å². The highest BCUT2D eigenvalue weighted by atomic mass is 15.1. The second kappa shape index (κ2) is 17.0. The summed E-state index contributed by atoms with van der Waals surface area (Å²) in [5.74, 6) is 0. The highest BCUT2D eigenvalue weighted by Crippen LogP contribution is 2.65. The van der Waals surface area contributed by atoms with E-state index in [9.17, 15) is 0 Å². The molecule has 2 spiro atoms. The van der Waals surface area contributed by atoms with Crippen LogP contribution in [-0.4, -0.2) is 4.57 Å². The third kappa shape index (κ3) is 5.92. The zero-order valence-corrected chi connectivity index (χ0v) is 44.8. The van der Waals surface area contributed by atoms with Crippen LogP contribution in [0.2, 0.25) is 0 Å². The van der Waals surface area contributed by atoms with Gasteiger partial charge in [-0.3, -0.25) is 0 Å². The average Bonchev–Trinajstić information content (AvgIpc) is 1.69. The summed E-state index contributed by atoms with van der Waals surface area (Å²) < 4.78 is 2.53. The zero-order valence-electron chi connectivity index (χ0n) is 44.8. The molecule has 1 aliphatic heterocycles. The fourth-order valence-electron chi connectivity index (χ4n) is 15.6. The highest BCUT2D eigenvalue weighted by molar-refractivity contribution is 6.13. The molecule has 1 aromatic heterocycles. The molecule has 4 aliphatic rings. The summed E-state index contributed by atoms with van der Waals surface area (Å²) in [6.45, 7) is 0. The van der Waals surface area contributed by atoms with E-state index >= 15 is 0 Å². The minimum absolute atomic E-state index is 0.486. The van der Waals surface area contributed by atoms with Gasteiger partial charge < -0.3 is 9.47 Å². The lowest BCUT2D eigenvalue weighted by molar-refractivity contribution is 0.749. The Morgan fingerprint density at radius 3 is 1.38 bits per heavy atom. The Kier molecular flexibility index (Phi) is 9.39. The summed E-state index contributed by atoms with van der Waals surface area (Å²) in [6, 6.07) is 114. The summed E-state index contributed by atoms with van der Waals surface area (Å²) in [5.41, 5.74) is 31.5. The summed E-state index contributed by atoms with van der Waals surface area (Å²) in [7, 11) is 0. The Bertz CT molecular complexity index is 4940. The third-order valence-electron chi connectivity index (χ3n) is 18.8. The van der Waals surface area contributed by atoms with Crippen molar-refractivity contribution in [2.75, 3.05) is 4.90 Å². The predicted octanol–water partition coefficient (Wildman–Crippen LogP) is 20.3. The lowest BCUT2D eigenvalue weighted by atomic mass is 9.65. The maximum Gasteiger partial charge on any atom is 0.0754 e. The molecule has 13 aromatic carbocycles. The van der Waals surface area contributed by atoms with Gasteiger partial charge in [0.2, 0.25) is 0 Å². The van der Waals surface area contributed by atoms with Crippen LogP contribution in [0.4, 0.5) is 17.1 Å². The van der Waals surface area contributed by atoms with E-state index in [0.29, 0.717) is 0 Å². The first kappa shape index (κ1) is 45.3. The number of hydrogen-bond donors (Lipinski definition) is 0. The first-order valence-electron chi connectivity index (χ1n) is 28.7. The first-order chi connectivity index (χ1) is 40.7. The molecule has 0 N–H and O–H groups in total. The van der Waals surface area contributed by atoms with Crippen LogP contribution in [0.1, 0.15) is 44.5 Å². The Morgan fingerprint density at radius 2 is 0.683 bits per heavy atom. The van der Waals surface area contributed by atoms with E-state index in [0.717, 1.165) is 28.2 Å². The van der Waals surface area contributed by atoms with Gasteiger partial charge in [0.1, 0.15) is 0 Å². The molecule has 0 amide bonds. The summed E-state index contributed by atoms with van der Waals surface area (Å²) in [5, 5.41) is 2.57. The Balaban J connectivity index is 0.833. The maximum absolute atomic E-state index is 2.53. The van der Waals surface area contributed by atoms with Gasteiger partial charge >= 0.3 is 0 Å². The lowest BCUT2D eigenvalue weighted by Crippen LogP contribution is -2.33. The summed E-state index contributed by atoms with van der Waals surface area (Å²) in [4.78, 5) is 2.51. The Labute approximate surface area is 476 Å². The number of anilines is 3. The van der Waals surface area contributed by atoms with E-state index < -0.39 is 10.8 Å². The number of nitrogens with zero attached hydrogens (tertiary/aromatic N) is 2. The molecule has 2 nitrogen and oxygen atoms in total. The van der Waals surface area contributed by atoms with Crippen molar-refractivity contribution in [3.63, 3.8) is 0 Å². The highest BCUT2D eigenvalue weighted by Gasteiger charge is 2.53. The molecule has 14 aromatic rings. The van der Waals surface area contributed by atoms with E-state index in [1.165, 1.54) is 128 Å². The number of aromatic nitrogens is 1. The largest absolute Gasteiger partial charge is 0.310 e. The maximum atomic E-state index is 2.53. The molecular weight excluding hydrogens is 989 g/mol. The number of rotatable bonds is 6. The predicted molar refractivity (Wildman–Crippen MR) is 339 cm³/mol. The quantitative estimate of drug-likeness (QED) is 0.161. The van der Waals surface area contributed by atoms with E-state index in [1.54, 1.807) is 0 Å². The summed E-state index contributed by atoms with van der Waals surface area (Å²) >= 11 is 0. The number of benzene rings is 13. The van der Waals surface area contributed by atoms with Crippen molar-refractivity contribution < 1.29 is 0 Å². The van der Waals surface area contributed by atoms with Gasteiger partial charge in [0.05, 0.1) is 33.2 Å². The minimum Gasteiger partial charge on any atom is -0.310 e. The van der Waals surface area contributed by atoms with Crippen LogP contribution in [0.5, 0.6) is 0 Å². The van der Waals surface area contributed by atoms with Crippen LogP contribution in [0.15, 0.2) is 303 Å². The van der Waals surface area contributed by atoms with Crippen molar-refractivity contribution in [1.29, 1.82) is 0 Å². The van der Waals surface area contributed by atoms with Gasteiger partial charge in [-0.25, -0.2) is 0 Å². The molecule has 0 saturated carbocycles. The van der Waals surface area contributed by atoms with E-state index in [1.807, 2.05) is 0 Å². The Hall–Kier alpha value is -10.5. The fourth-order valence-corrected chi connectivity index (χ4v) is 15.6. The van der Waals surface area contributed by atoms with Crippen LogP contribution in [-0.2, 0) is 10.8 Å². The molecule has 0 saturated heterocycles. The van der Waals surface area contributed by atoms with Crippen molar-refractivity contribution >= 4 is 38.9 Å². The number of para-hydroxylation sites is 4. The molecule has 1 unspecified atom stereocenters. The molecule has 2 heteroatoms. The molecule has 1 atom stereocenters. The fraction of sp³-hybridized carbons (Fsp3) is 0.0250. The van der Waals surface area contributed by atoms with Gasteiger partial charge in [0.25, 0.3) is 0 Å². The van der Waals surface area contributed by atoms with Crippen LogP contribution < -0.4 is 4.90 Å². The second-order valence-corrected chi connectivity index (χ2v) is 22.6. The molecule has 0 radical (unpaired) electrons. The molecule has 2 heterocycles. The third-order valence-corrected chi connectivity index (χ3v) is 18.8. The first-order valence-corrected chi connectivity index (χ1v) is 28.7. The van der Waals surface area contributed by atoms with Gasteiger partial charge in [-0.1, -0.05) is 249 Å². The molecule has 18 rings (SSSR count). The van der Waals surface area contributed by atoms with Crippen LogP contribution >= 0.6 is 0 Å². The van der Waals surface area contributed by atoms with Crippen molar-refractivity contribution in [2.45, 2.75) is 10.8 Å². The molecule has 82 heavy (non-hydrogen) atoms. The van der Waals surface area contributed by atoms with Gasteiger partial charge in [-0.05, 0) is 160 Å². The van der Waals surface area contributed by atoms with Gasteiger partial charge in [-0.15, -0.1) is 0 Å². The van der Waals surface area contributed by atoms with Gasteiger partial charge in [-0.2, -0.15) is 0 Å². The number of fused-ring (bicyclic) bond motifs is 22. The standard InChI is InChI=1S/C80H50N2/c1-2-20-51(21-3-1)53-22-18-23-55(48-53)58-24-8-15-37-75(58)81(57-45-47-64-62-28-6-12-33-69(62)79(74(64)50-57)67-31-10-4-25-59(67)60-26-5-11-32-68(60)79)56-43-40-52(41-44-56)54-42-46-63-61-27-7-13-34-70(61)80(73(63)49-54)71-35-14-17-39-77(71)82-76-38-16-9-29-65(76)66-30-19-36-72(80)78(66)82/h1-50H. The number of hydrogen-bond acceptors (Lipinski definition) is 1. The minimum atomic E-state index is -0.536. The topological polar surface area (TPSA) is 8.17 Å². The van der Waals surface area contributed by atoms with Crippen LogP contribution in [0.25, 0.3) is 94.3 Å². The Morgan fingerprint density at radius 1 is 0.244 bits per heavy atom. The van der Waals surface area contributed by atoms with E-state index in [-0.39, 0.29) is 0 Å². The van der Waals surface area contributed by atoms with Crippen LogP contribution in [0.3, 0.4) is 0 Å². The molecule has 0 bridgehead atoms. The SMILES string of the molecule is c1ccc(-c2cccc(-c3ccccc3N(c3ccc(-c4ccc5c(c4)C4(c6ccccc6-5)c5ccccc5-n5c6ccccc6c6cccc4c65)cc3)c3ccc4c(c3)C3(c5ccccc5-c5ccccc53)c3ccccc3-4)c2)cc1. The molecule has 380 valence electrons. The molecular formula is C80H50N2. The van der Waals surface area contributed by atoms with Gasteiger partial charge in [0, 0.05) is 27.7 Å². The van der Waals surface area contributed by atoms with E-state index in [2.05, 4.69) is 313 Å². The summed E-state index contributed by atoms with van der Waals surface area (Å²) in [6.07, 6.45) is 0. The molecule has 3 aliphatic carbocycles.